The van der Waals surface area contributed by atoms with Crippen molar-refractivity contribution in [2.45, 2.75) is 13.3 Å². The molecule has 1 aliphatic rings. The van der Waals surface area contributed by atoms with Crippen LogP contribution < -0.4 is 0 Å². The van der Waals surface area contributed by atoms with E-state index in [1.807, 2.05) is 4.90 Å². The summed E-state index contributed by atoms with van der Waals surface area (Å²) < 4.78 is 0. The van der Waals surface area contributed by atoms with Crippen molar-refractivity contribution in [3.63, 3.8) is 0 Å². The summed E-state index contributed by atoms with van der Waals surface area (Å²) in [7, 11) is 0. The fourth-order valence-electron chi connectivity index (χ4n) is 0.866. The van der Waals surface area contributed by atoms with Gasteiger partial charge in [0.1, 0.15) is 0 Å². The molecule has 9 heavy (non-hydrogen) atoms. The van der Waals surface area contributed by atoms with Gasteiger partial charge in [-0.05, 0) is 6.42 Å². The smallest absolute Gasteiger partial charge is 0.233 e. The van der Waals surface area contributed by atoms with E-state index >= 15 is 0 Å². The Morgan fingerprint density at radius 2 is 2.56 bits per heavy atom. The molecule has 0 spiro atoms. The second kappa shape index (κ2) is 3.11. The van der Waals surface area contributed by atoms with Crippen molar-refractivity contribution in [1.29, 1.82) is 0 Å². The molecule has 1 aliphatic heterocycles. The van der Waals surface area contributed by atoms with Gasteiger partial charge in [0.15, 0.2) is 0 Å². The second-order valence-electron chi connectivity index (χ2n) is 2.13. The van der Waals surface area contributed by atoms with E-state index in [9.17, 15) is 4.79 Å². The fourth-order valence-corrected chi connectivity index (χ4v) is 1.81. The molecule has 0 aromatic carbocycles. The molecule has 0 bridgehead atoms. The highest BCUT2D eigenvalue weighted by molar-refractivity contribution is 8.00. The first-order chi connectivity index (χ1) is 4.34. The van der Waals surface area contributed by atoms with E-state index in [4.69, 9.17) is 0 Å². The van der Waals surface area contributed by atoms with Crippen molar-refractivity contribution in [1.82, 2.24) is 4.90 Å². The minimum absolute atomic E-state index is 0.307. The number of nitrogens with zero attached hydrogens (tertiary/aromatic N) is 1. The molecule has 1 amide bonds. The highest BCUT2D eigenvalue weighted by atomic mass is 32.2. The summed E-state index contributed by atoms with van der Waals surface area (Å²) in [6.07, 6.45) is 1.08. The van der Waals surface area contributed by atoms with E-state index in [1.54, 1.807) is 11.8 Å². The molecule has 1 saturated heterocycles. The van der Waals surface area contributed by atoms with Crippen LogP contribution in [0.25, 0.3) is 0 Å². The van der Waals surface area contributed by atoms with Crippen molar-refractivity contribution < 1.29 is 4.79 Å². The molecule has 2 nitrogen and oxygen atoms in total. The second-order valence-corrected chi connectivity index (χ2v) is 3.09. The Hall–Kier alpha value is -0.180. The summed E-state index contributed by atoms with van der Waals surface area (Å²) in [5.41, 5.74) is 0. The van der Waals surface area contributed by atoms with Crippen LogP contribution in [0, 0.1) is 0 Å². The van der Waals surface area contributed by atoms with Crippen molar-refractivity contribution in [3.05, 3.63) is 0 Å². The van der Waals surface area contributed by atoms with Crippen LogP contribution in [0.4, 0.5) is 0 Å². The van der Waals surface area contributed by atoms with Gasteiger partial charge in [-0.25, -0.2) is 0 Å². The summed E-state index contributed by atoms with van der Waals surface area (Å²) >= 11 is 1.71. The molecule has 0 aromatic rings. The number of thioether (sulfide) groups is 1. The van der Waals surface area contributed by atoms with E-state index in [-0.39, 0.29) is 0 Å². The lowest BCUT2D eigenvalue weighted by atomic mass is 10.4. The minimum Gasteiger partial charge on any atom is -0.333 e. The molecule has 0 N–H and O–H groups in total. The summed E-state index contributed by atoms with van der Waals surface area (Å²) in [4.78, 5) is 12.8. The average Bonchev–Trinajstić information content (AvgIpc) is 2.18. The Kier molecular flexibility index (Phi) is 2.39. The zero-order valence-corrected chi connectivity index (χ0v) is 6.41. The lowest BCUT2D eigenvalue weighted by Gasteiger charge is -2.11. The summed E-state index contributed by atoms with van der Waals surface area (Å²) in [6, 6.07) is 0. The van der Waals surface area contributed by atoms with E-state index in [2.05, 4.69) is 6.92 Å². The monoisotopic (exact) mass is 145 g/mol. The zero-order valence-electron chi connectivity index (χ0n) is 5.59. The maximum atomic E-state index is 10.9. The summed E-state index contributed by atoms with van der Waals surface area (Å²) in [5.74, 6) is 1.91. The predicted octanol–water partition coefficient (Wildman–Crippen LogP) is 0.929. The Bertz CT molecular complexity index is 116. The molecule has 3 heteroatoms. The molecule has 0 radical (unpaired) electrons. The largest absolute Gasteiger partial charge is 0.333 e. The van der Waals surface area contributed by atoms with Crippen molar-refractivity contribution in [2.75, 3.05) is 18.2 Å². The Labute approximate surface area is 59.6 Å². The van der Waals surface area contributed by atoms with E-state index in [0.717, 1.165) is 18.8 Å². The maximum Gasteiger partial charge on any atom is 0.233 e. The SMILES string of the molecule is CCCN1CSCC1=O. The molecule has 0 atom stereocenters. The third-order valence-electron chi connectivity index (χ3n) is 1.32. The van der Waals surface area contributed by atoms with Crippen molar-refractivity contribution in [3.8, 4) is 0 Å². The van der Waals surface area contributed by atoms with Gasteiger partial charge in [0, 0.05) is 6.54 Å². The van der Waals surface area contributed by atoms with Crippen LogP contribution in [0.1, 0.15) is 13.3 Å². The summed E-state index contributed by atoms with van der Waals surface area (Å²) in [5, 5.41) is 0. The number of hydrogen-bond acceptors (Lipinski definition) is 2. The highest BCUT2D eigenvalue weighted by Crippen LogP contribution is 2.14. The molecule has 52 valence electrons. The lowest BCUT2D eigenvalue weighted by molar-refractivity contribution is -0.126. The minimum atomic E-state index is 0.307. The molecule has 0 aromatic heterocycles. The maximum absolute atomic E-state index is 10.9. The van der Waals surface area contributed by atoms with Crippen LogP contribution in [0.3, 0.4) is 0 Å². The zero-order chi connectivity index (χ0) is 6.69. The number of carbonyl (C=O) groups excluding carboxylic acids is 1. The van der Waals surface area contributed by atoms with Gasteiger partial charge in [-0.3, -0.25) is 4.79 Å². The first-order valence-electron chi connectivity index (χ1n) is 3.20. The molecule has 1 fully saturated rings. The van der Waals surface area contributed by atoms with Crippen LogP contribution in [-0.4, -0.2) is 29.0 Å². The van der Waals surface area contributed by atoms with Crippen LogP contribution in [0.5, 0.6) is 0 Å². The third kappa shape index (κ3) is 1.61. The Balaban J connectivity index is 2.31. The van der Waals surface area contributed by atoms with Gasteiger partial charge < -0.3 is 4.90 Å². The topological polar surface area (TPSA) is 20.3 Å². The highest BCUT2D eigenvalue weighted by Gasteiger charge is 2.18. The van der Waals surface area contributed by atoms with E-state index < -0.39 is 0 Å². The van der Waals surface area contributed by atoms with Gasteiger partial charge in [-0.2, -0.15) is 0 Å². The Morgan fingerprint density at radius 1 is 1.78 bits per heavy atom. The van der Waals surface area contributed by atoms with Gasteiger partial charge in [0.05, 0.1) is 11.6 Å². The predicted molar refractivity (Wildman–Crippen MR) is 39.3 cm³/mol. The third-order valence-corrected chi connectivity index (χ3v) is 2.26. The number of hydrogen-bond donors (Lipinski definition) is 0. The van der Waals surface area contributed by atoms with Gasteiger partial charge in [0.25, 0.3) is 0 Å². The first-order valence-corrected chi connectivity index (χ1v) is 4.35. The summed E-state index contributed by atoms with van der Waals surface area (Å²) in [6.45, 7) is 3.03. The Morgan fingerprint density at radius 3 is 3.00 bits per heavy atom. The van der Waals surface area contributed by atoms with Gasteiger partial charge in [-0.15, -0.1) is 11.8 Å². The van der Waals surface area contributed by atoms with E-state index in [1.165, 1.54) is 0 Å². The number of rotatable bonds is 2. The molecule has 0 aliphatic carbocycles. The molecule has 1 rings (SSSR count). The first kappa shape index (κ1) is 6.93. The van der Waals surface area contributed by atoms with Crippen LogP contribution >= 0.6 is 11.8 Å². The lowest BCUT2D eigenvalue weighted by Crippen LogP contribution is -2.25. The number of amides is 1. The molecular weight excluding hydrogens is 134 g/mol. The van der Waals surface area contributed by atoms with Crippen molar-refractivity contribution >= 4 is 17.7 Å². The molecule has 0 saturated carbocycles. The van der Waals surface area contributed by atoms with Crippen LogP contribution in [-0.2, 0) is 4.79 Å². The fraction of sp³-hybridized carbons (Fsp3) is 0.833. The van der Waals surface area contributed by atoms with Crippen LogP contribution in [0.15, 0.2) is 0 Å². The van der Waals surface area contributed by atoms with E-state index in [0.29, 0.717) is 11.7 Å². The molecule has 0 unspecified atom stereocenters. The van der Waals surface area contributed by atoms with Gasteiger partial charge in [0.2, 0.25) is 5.91 Å². The molecule has 1 heterocycles. The molecular formula is C6H11NOS. The standard InChI is InChI=1S/C6H11NOS/c1-2-3-7-5-9-4-6(7)8/h2-5H2,1H3. The number of carbonyl (C=O) groups is 1. The van der Waals surface area contributed by atoms with Gasteiger partial charge in [-0.1, -0.05) is 6.92 Å². The average molecular weight is 145 g/mol. The quantitative estimate of drug-likeness (QED) is 0.576. The normalized spacial score (nSPS) is 19.2. The van der Waals surface area contributed by atoms with Gasteiger partial charge >= 0.3 is 0 Å². The van der Waals surface area contributed by atoms with Crippen LogP contribution in [0.2, 0.25) is 0 Å². The van der Waals surface area contributed by atoms with Crippen molar-refractivity contribution in [2.24, 2.45) is 0 Å².